The molecule has 0 saturated heterocycles. The van der Waals surface area contributed by atoms with Crippen molar-refractivity contribution in [2.24, 2.45) is 10.9 Å². The van der Waals surface area contributed by atoms with E-state index in [0.29, 0.717) is 5.25 Å². The second kappa shape index (κ2) is 6.11. The van der Waals surface area contributed by atoms with Gasteiger partial charge in [-0.2, -0.15) is 0 Å². The molecule has 2 nitrogen and oxygen atoms in total. The molecule has 1 aromatic carbocycles. The highest BCUT2D eigenvalue weighted by Gasteiger charge is 2.20. The molecule has 1 heterocycles. The zero-order valence-corrected chi connectivity index (χ0v) is 13.4. The molecule has 0 bridgehead atoms. The Hall–Kier alpha value is -0.480. The lowest BCUT2D eigenvalue weighted by Crippen LogP contribution is -2.10. The van der Waals surface area contributed by atoms with Gasteiger partial charge in [-0.3, -0.25) is 4.99 Å². The molecule has 0 amide bonds. The van der Waals surface area contributed by atoms with E-state index in [-0.39, 0.29) is 0 Å². The number of benzene rings is 1. The molecule has 1 aliphatic rings. The van der Waals surface area contributed by atoms with Crippen LogP contribution in [0.3, 0.4) is 0 Å². The van der Waals surface area contributed by atoms with Crippen LogP contribution in [-0.4, -0.2) is 17.0 Å². The van der Waals surface area contributed by atoms with Crippen molar-refractivity contribution in [1.29, 1.82) is 0 Å². The summed E-state index contributed by atoms with van der Waals surface area (Å²) in [5.41, 5.74) is 2.36. The van der Waals surface area contributed by atoms with Crippen LogP contribution in [0.15, 0.2) is 27.7 Å². The smallest absolute Gasteiger partial charge is 0.161 e. The van der Waals surface area contributed by atoms with Crippen molar-refractivity contribution in [3.8, 4) is 0 Å². The Morgan fingerprint density at radius 3 is 3.00 bits per heavy atom. The second-order valence-corrected chi connectivity index (χ2v) is 7.27. The van der Waals surface area contributed by atoms with Crippen LogP contribution < -0.4 is 5.32 Å². The summed E-state index contributed by atoms with van der Waals surface area (Å²) in [5, 5.41) is 5.10. The van der Waals surface area contributed by atoms with E-state index in [1.54, 1.807) is 0 Å². The van der Waals surface area contributed by atoms with E-state index in [2.05, 4.69) is 65.2 Å². The number of rotatable bonds is 3. The zero-order chi connectivity index (χ0) is 13.1. The molecule has 1 N–H and O–H groups in total. The number of nitrogens with one attached hydrogen (secondary N) is 1. The quantitative estimate of drug-likeness (QED) is 0.871. The number of thioether (sulfide) groups is 1. The molecule has 1 unspecified atom stereocenters. The van der Waals surface area contributed by atoms with Crippen molar-refractivity contribution in [2.75, 3.05) is 11.9 Å². The molecule has 4 heteroatoms. The first kappa shape index (κ1) is 13.9. The third-order valence-corrected chi connectivity index (χ3v) is 4.64. The third-order valence-electron chi connectivity index (χ3n) is 2.81. The molecule has 0 spiro atoms. The van der Waals surface area contributed by atoms with Gasteiger partial charge in [-0.05, 0) is 52.9 Å². The Balaban J connectivity index is 1.97. The lowest BCUT2D eigenvalue weighted by atomic mass is 10.1. The Morgan fingerprint density at radius 2 is 2.28 bits per heavy atom. The number of halogens is 1. The van der Waals surface area contributed by atoms with Crippen molar-refractivity contribution in [2.45, 2.75) is 32.4 Å². The second-order valence-electron chi connectivity index (χ2n) is 5.12. The summed E-state index contributed by atoms with van der Waals surface area (Å²) in [4.78, 5) is 4.58. The van der Waals surface area contributed by atoms with E-state index < -0.39 is 0 Å². The molecule has 2 rings (SSSR count). The highest BCUT2D eigenvalue weighted by atomic mass is 79.9. The fourth-order valence-electron chi connectivity index (χ4n) is 1.98. The molecular formula is C14H19BrN2S. The molecule has 1 atom stereocenters. The maximum Gasteiger partial charge on any atom is 0.161 e. The van der Waals surface area contributed by atoms with Gasteiger partial charge in [0.1, 0.15) is 0 Å². The molecule has 0 aliphatic carbocycles. The molecule has 1 aliphatic heterocycles. The summed E-state index contributed by atoms with van der Waals surface area (Å²) in [6.45, 7) is 7.57. The lowest BCUT2D eigenvalue weighted by molar-refractivity contribution is 0.575. The first-order valence-electron chi connectivity index (χ1n) is 6.29. The largest absolute Gasteiger partial charge is 0.334 e. The minimum absolute atomic E-state index is 0.635. The fourth-order valence-corrected chi connectivity index (χ4v) is 3.59. The SMILES string of the molecule is Cc1ccc(Br)c(NC2=NCC(CC(C)C)S2)c1. The average molecular weight is 327 g/mol. The normalized spacial score (nSPS) is 19.2. The van der Waals surface area contributed by atoms with Crippen molar-refractivity contribution in [3.63, 3.8) is 0 Å². The zero-order valence-electron chi connectivity index (χ0n) is 11.0. The third kappa shape index (κ3) is 3.75. The van der Waals surface area contributed by atoms with Gasteiger partial charge in [0.2, 0.25) is 0 Å². The van der Waals surface area contributed by atoms with Gasteiger partial charge in [0.05, 0.1) is 12.2 Å². The summed E-state index contributed by atoms with van der Waals surface area (Å²) in [6, 6.07) is 6.31. The maximum atomic E-state index is 4.58. The van der Waals surface area contributed by atoms with Gasteiger partial charge in [0.25, 0.3) is 0 Å². The van der Waals surface area contributed by atoms with E-state index in [9.17, 15) is 0 Å². The molecule has 1 aromatic rings. The molecule has 0 radical (unpaired) electrons. The van der Waals surface area contributed by atoms with E-state index >= 15 is 0 Å². The van der Waals surface area contributed by atoms with Crippen molar-refractivity contribution in [3.05, 3.63) is 28.2 Å². The van der Waals surface area contributed by atoms with Crippen LogP contribution >= 0.6 is 27.7 Å². The van der Waals surface area contributed by atoms with Gasteiger partial charge in [-0.1, -0.05) is 31.7 Å². The van der Waals surface area contributed by atoms with Crippen molar-refractivity contribution in [1.82, 2.24) is 0 Å². The average Bonchev–Trinajstić information content (AvgIpc) is 2.70. The predicted molar refractivity (Wildman–Crippen MR) is 85.6 cm³/mol. The Bertz CT molecular complexity index is 457. The highest BCUT2D eigenvalue weighted by Crippen LogP contribution is 2.30. The van der Waals surface area contributed by atoms with Crippen LogP contribution in [0.5, 0.6) is 0 Å². The molecule has 98 valence electrons. The number of hydrogen-bond donors (Lipinski definition) is 1. The topological polar surface area (TPSA) is 24.4 Å². The summed E-state index contributed by atoms with van der Waals surface area (Å²) in [6.07, 6.45) is 1.23. The van der Waals surface area contributed by atoms with Crippen molar-refractivity contribution < 1.29 is 0 Å². The monoisotopic (exact) mass is 326 g/mol. The van der Waals surface area contributed by atoms with Crippen LogP contribution in [0.2, 0.25) is 0 Å². The standard InChI is InChI=1S/C14H19BrN2S/c1-9(2)6-11-8-16-14(18-11)17-13-7-10(3)4-5-12(13)15/h4-5,7,9,11H,6,8H2,1-3H3,(H,16,17). The van der Waals surface area contributed by atoms with E-state index in [4.69, 9.17) is 0 Å². The molecule has 0 fully saturated rings. The van der Waals surface area contributed by atoms with Crippen LogP contribution in [0.1, 0.15) is 25.8 Å². The minimum Gasteiger partial charge on any atom is -0.334 e. The summed E-state index contributed by atoms with van der Waals surface area (Å²) < 4.78 is 1.09. The van der Waals surface area contributed by atoms with Crippen LogP contribution in [-0.2, 0) is 0 Å². The maximum absolute atomic E-state index is 4.58. The first-order valence-corrected chi connectivity index (χ1v) is 7.96. The van der Waals surface area contributed by atoms with E-state index in [1.807, 2.05) is 11.8 Å². The van der Waals surface area contributed by atoms with Crippen LogP contribution in [0.4, 0.5) is 5.69 Å². The van der Waals surface area contributed by atoms with Crippen LogP contribution in [0.25, 0.3) is 0 Å². The summed E-state index contributed by atoms with van der Waals surface area (Å²) >= 11 is 5.43. The molecule has 0 aromatic heterocycles. The fraction of sp³-hybridized carbons (Fsp3) is 0.500. The van der Waals surface area contributed by atoms with Gasteiger partial charge in [0, 0.05) is 9.72 Å². The van der Waals surface area contributed by atoms with Gasteiger partial charge >= 0.3 is 0 Å². The van der Waals surface area contributed by atoms with Crippen LogP contribution in [0, 0.1) is 12.8 Å². The van der Waals surface area contributed by atoms with Crippen molar-refractivity contribution >= 4 is 38.5 Å². The van der Waals surface area contributed by atoms with E-state index in [1.165, 1.54) is 12.0 Å². The molecule has 0 saturated carbocycles. The molecular weight excluding hydrogens is 308 g/mol. The summed E-state index contributed by atoms with van der Waals surface area (Å²) in [5.74, 6) is 0.739. The lowest BCUT2D eigenvalue weighted by Gasteiger charge is -2.12. The Morgan fingerprint density at radius 1 is 1.50 bits per heavy atom. The van der Waals surface area contributed by atoms with Gasteiger partial charge in [-0.15, -0.1) is 0 Å². The number of nitrogens with zero attached hydrogens (tertiary/aromatic N) is 1. The van der Waals surface area contributed by atoms with E-state index in [0.717, 1.165) is 27.8 Å². The van der Waals surface area contributed by atoms with Gasteiger partial charge in [-0.25, -0.2) is 0 Å². The Kier molecular flexibility index (Phi) is 4.73. The minimum atomic E-state index is 0.635. The highest BCUT2D eigenvalue weighted by molar-refractivity contribution is 9.10. The predicted octanol–water partition coefficient (Wildman–Crippen LogP) is 4.69. The Labute approximate surface area is 122 Å². The number of aliphatic imine (C=N–C) groups is 1. The number of hydrogen-bond acceptors (Lipinski definition) is 3. The van der Waals surface area contributed by atoms with Gasteiger partial charge in [0.15, 0.2) is 5.17 Å². The number of anilines is 1. The number of aryl methyl sites for hydroxylation is 1. The van der Waals surface area contributed by atoms with Gasteiger partial charge < -0.3 is 5.32 Å². The molecule has 18 heavy (non-hydrogen) atoms. The number of amidine groups is 1. The first-order chi connectivity index (χ1) is 8.54. The summed E-state index contributed by atoms with van der Waals surface area (Å²) in [7, 11) is 0.